The van der Waals surface area contributed by atoms with Crippen LogP contribution in [0.1, 0.15) is 5.69 Å². The molecule has 2 heterocycles. The van der Waals surface area contributed by atoms with Gasteiger partial charge in [-0.1, -0.05) is 0 Å². The molecule has 8 heteroatoms. The molecule has 0 bridgehead atoms. The largest absolute Gasteiger partial charge is 0.357 e. The number of nitrogens with zero attached hydrogens (tertiary/aromatic N) is 6. The number of anilines is 3. The molecule has 0 spiro atoms. The molecule has 0 unspecified atom stereocenters. The van der Waals surface area contributed by atoms with E-state index in [1.165, 1.54) is 0 Å². The highest BCUT2D eigenvalue weighted by Gasteiger charge is 2.12. The van der Waals surface area contributed by atoms with Crippen LogP contribution in [-0.2, 0) is 6.54 Å². The minimum absolute atomic E-state index is 0.554. The standard InChI is InChI=1S/C11H17N7S/c1-12-9-14-10(17(2)3)16-11(15-9)18(4)5-8-6-19-7-13-8/h6-7H,5H2,1-4H3,(H,12,14,15,16). The van der Waals surface area contributed by atoms with Gasteiger partial charge in [0.05, 0.1) is 17.7 Å². The highest BCUT2D eigenvalue weighted by molar-refractivity contribution is 7.07. The van der Waals surface area contributed by atoms with E-state index in [2.05, 4.69) is 25.3 Å². The van der Waals surface area contributed by atoms with Crippen molar-refractivity contribution in [1.82, 2.24) is 19.9 Å². The lowest BCUT2D eigenvalue weighted by Crippen LogP contribution is -2.22. The second-order valence-corrected chi connectivity index (χ2v) is 4.96. The first kappa shape index (κ1) is 13.5. The summed E-state index contributed by atoms with van der Waals surface area (Å²) < 4.78 is 0. The minimum Gasteiger partial charge on any atom is -0.357 e. The Morgan fingerprint density at radius 3 is 2.47 bits per heavy atom. The molecule has 0 aromatic carbocycles. The summed E-state index contributed by atoms with van der Waals surface area (Å²) in [6.45, 7) is 0.670. The van der Waals surface area contributed by atoms with Crippen molar-refractivity contribution in [2.45, 2.75) is 6.54 Å². The highest BCUT2D eigenvalue weighted by atomic mass is 32.1. The SMILES string of the molecule is CNc1nc(N(C)C)nc(N(C)Cc2cscn2)n1. The number of nitrogens with one attached hydrogen (secondary N) is 1. The first-order valence-corrected chi connectivity index (χ1v) is 6.73. The quantitative estimate of drug-likeness (QED) is 0.878. The molecule has 0 saturated carbocycles. The van der Waals surface area contributed by atoms with Crippen LogP contribution in [0.15, 0.2) is 10.9 Å². The molecule has 2 aromatic rings. The van der Waals surface area contributed by atoms with Crippen LogP contribution in [0.2, 0.25) is 0 Å². The molecule has 19 heavy (non-hydrogen) atoms. The molecule has 0 fully saturated rings. The summed E-state index contributed by atoms with van der Waals surface area (Å²) in [4.78, 5) is 21.1. The van der Waals surface area contributed by atoms with E-state index < -0.39 is 0 Å². The van der Waals surface area contributed by atoms with Crippen molar-refractivity contribution in [2.24, 2.45) is 0 Å². The van der Waals surface area contributed by atoms with Crippen molar-refractivity contribution >= 4 is 29.2 Å². The number of aromatic nitrogens is 4. The Morgan fingerprint density at radius 2 is 1.89 bits per heavy atom. The van der Waals surface area contributed by atoms with Crippen molar-refractivity contribution in [3.8, 4) is 0 Å². The van der Waals surface area contributed by atoms with Crippen LogP contribution in [0.5, 0.6) is 0 Å². The zero-order valence-corrected chi connectivity index (χ0v) is 12.3. The molecule has 2 rings (SSSR count). The van der Waals surface area contributed by atoms with E-state index >= 15 is 0 Å². The second-order valence-electron chi connectivity index (χ2n) is 4.24. The van der Waals surface area contributed by atoms with Crippen molar-refractivity contribution in [3.05, 3.63) is 16.6 Å². The molecule has 2 aromatic heterocycles. The van der Waals surface area contributed by atoms with Crippen LogP contribution in [0.4, 0.5) is 17.8 Å². The lowest BCUT2D eigenvalue weighted by molar-refractivity contribution is 0.830. The average Bonchev–Trinajstić information content (AvgIpc) is 2.90. The van der Waals surface area contributed by atoms with E-state index in [9.17, 15) is 0 Å². The van der Waals surface area contributed by atoms with Gasteiger partial charge in [-0.3, -0.25) is 0 Å². The van der Waals surface area contributed by atoms with Gasteiger partial charge in [0.15, 0.2) is 0 Å². The van der Waals surface area contributed by atoms with Gasteiger partial charge in [-0.25, -0.2) is 4.98 Å². The van der Waals surface area contributed by atoms with E-state index in [-0.39, 0.29) is 0 Å². The van der Waals surface area contributed by atoms with Crippen LogP contribution in [0.3, 0.4) is 0 Å². The van der Waals surface area contributed by atoms with Crippen LogP contribution in [-0.4, -0.2) is 48.1 Å². The van der Waals surface area contributed by atoms with Crippen molar-refractivity contribution in [1.29, 1.82) is 0 Å². The fourth-order valence-electron chi connectivity index (χ4n) is 1.47. The van der Waals surface area contributed by atoms with Gasteiger partial charge in [0.25, 0.3) is 0 Å². The van der Waals surface area contributed by atoms with Gasteiger partial charge in [0, 0.05) is 33.6 Å². The normalized spacial score (nSPS) is 10.3. The Bertz CT molecular complexity index is 526. The molecular formula is C11H17N7S. The summed E-state index contributed by atoms with van der Waals surface area (Å²) in [7, 11) is 7.53. The number of hydrogen-bond donors (Lipinski definition) is 1. The molecule has 0 amide bonds. The van der Waals surface area contributed by atoms with Crippen molar-refractivity contribution in [3.63, 3.8) is 0 Å². The van der Waals surface area contributed by atoms with Gasteiger partial charge < -0.3 is 15.1 Å². The van der Waals surface area contributed by atoms with Gasteiger partial charge >= 0.3 is 0 Å². The molecule has 0 aliphatic carbocycles. The van der Waals surface area contributed by atoms with E-state index in [4.69, 9.17) is 0 Å². The fourth-order valence-corrected chi connectivity index (χ4v) is 2.02. The molecule has 1 N–H and O–H groups in total. The highest BCUT2D eigenvalue weighted by Crippen LogP contribution is 2.15. The number of thiazole rings is 1. The summed E-state index contributed by atoms with van der Waals surface area (Å²) >= 11 is 1.58. The molecule has 0 radical (unpaired) electrons. The third-order valence-electron chi connectivity index (χ3n) is 2.46. The van der Waals surface area contributed by atoms with E-state index in [0.29, 0.717) is 24.4 Å². The maximum atomic E-state index is 4.43. The smallest absolute Gasteiger partial charge is 0.232 e. The molecule has 0 aliphatic heterocycles. The molecule has 0 aliphatic rings. The summed E-state index contributed by atoms with van der Waals surface area (Å²) in [5, 5.41) is 4.96. The molecule has 102 valence electrons. The summed E-state index contributed by atoms with van der Waals surface area (Å²) in [6.07, 6.45) is 0. The maximum Gasteiger partial charge on any atom is 0.232 e. The summed E-state index contributed by atoms with van der Waals surface area (Å²) in [6, 6.07) is 0. The lowest BCUT2D eigenvalue weighted by atomic mass is 10.4. The lowest BCUT2D eigenvalue weighted by Gasteiger charge is -2.18. The molecular weight excluding hydrogens is 262 g/mol. The first-order chi connectivity index (χ1) is 9.10. The third kappa shape index (κ3) is 3.28. The van der Waals surface area contributed by atoms with E-state index in [0.717, 1.165) is 5.69 Å². The Kier molecular flexibility index (Phi) is 4.10. The second kappa shape index (κ2) is 5.79. The maximum absolute atomic E-state index is 4.43. The van der Waals surface area contributed by atoms with Crippen molar-refractivity contribution in [2.75, 3.05) is 43.3 Å². The zero-order chi connectivity index (χ0) is 13.8. The molecule has 0 atom stereocenters. The Hall–Kier alpha value is -1.96. The van der Waals surface area contributed by atoms with Crippen molar-refractivity contribution < 1.29 is 0 Å². The topological polar surface area (TPSA) is 70.1 Å². The van der Waals surface area contributed by atoms with Crippen LogP contribution < -0.4 is 15.1 Å². The van der Waals surface area contributed by atoms with Gasteiger partial charge in [-0.05, 0) is 0 Å². The predicted octanol–water partition coefficient (Wildman–Crippen LogP) is 1.07. The van der Waals surface area contributed by atoms with Gasteiger partial charge in [-0.2, -0.15) is 15.0 Å². The first-order valence-electron chi connectivity index (χ1n) is 5.79. The van der Waals surface area contributed by atoms with E-state index in [1.54, 1.807) is 18.4 Å². The van der Waals surface area contributed by atoms with Gasteiger partial charge in [-0.15, -0.1) is 11.3 Å². The number of rotatable bonds is 5. The third-order valence-corrected chi connectivity index (χ3v) is 3.09. The predicted molar refractivity (Wildman–Crippen MR) is 77.9 cm³/mol. The van der Waals surface area contributed by atoms with Gasteiger partial charge in [0.2, 0.25) is 17.8 Å². The molecule has 7 nitrogen and oxygen atoms in total. The van der Waals surface area contributed by atoms with Crippen LogP contribution >= 0.6 is 11.3 Å². The number of hydrogen-bond acceptors (Lipinski definition) is 8. The average molecular weight is 279 g/mol. The van der Waals surface area contributed by atoms with Crippen LogP contribution in [0.25, 0.3) is 0 Å². The van der Waals surface area contributed by atoms with E-state index in [1.807, 2.05) is 41.8 Å². The fraction of sp³-hybridized carbons (Fsp3) is 0.455. The summed E-state index contributed by atoms with van der Waals surface area (Å²) in [5.74, 6) is 1.80. The van der Waals surface area contributed by atoms with Gasteiger partial charge in [0.1, 0.15) is 0 Å². The minimum atomic E-state index is 0.554. The van der Waals surface area contributed by atoms with Crippen LogP contribution in [0, 0.1) is 0 Å². The summed E-state index contributed by atoms with van der Waals surface area (Å²) in [5.41, 5.74) is 2.83. The molecule has 0 saturated heterocycles. The zero-order valence-electron chi connectivity index (χ0n) is 11.5. The monoisotopic (exact) mass is 279 g/mol. The Labute approximate surface area is 116 Å². The Balaban J connectivity index is 2.24. The Morgan fingerprint density at radius 1 is 1.16 bits per heavy atom.